The van der Waals surface area contributed by atoms with E-state index in [1.807, 2.05) is 0 Å². The van der Waals surface area contributed by atoms with Gasteiger partial charge >= 0.3 is 0 Å². The number of hydrogen-bond donors (Lipinski definition) is 1. The molecule has 3 amide bonds. The van der Waals surface area contributed by atoms with Crippen LogP contribution in [-0.2, 0) is 4.74 Å². The largest absolute Gasteiger partial charge is 0.378 e. The van der Waals surface area contributed by atoms with Crippen LogP contribution in [0, 0.1) is 0 Å². The van der Waals surface area contributed by atoms with Crippen molar-refractivity contribution in [3.05, 3.63) is 34.9 Å². The number of hydrogen-bond acceptors (Lipinski definition) is 4. The zero-order valence-corrected chi connectivity index (χ0v) is 12.4. The van der Waals surface area contributed by atoms with E-state index >= 15 is 0 Å². The van der Waals surface area contributed by atoms with Gasteiger partial charge in [-0.05, 0) is 37.5 Å². The average Bonchev–Trinajstić information content (AvgIpc) is 3.11. The van der Waals surface area contributed by atoms with Gasteiger partial charge in [-0.3, -0.25) is 19.3 Å². The lowest BCUT2D eigenvalue weighted by Gasteiger charge is -2.10. The third-order valence-electron chi connectivity index (χ3n) is 4.13. The Kier molecular flexibility index (Phi) is 3.94. The number of amides is 3. The summed E-state index contributed by atoms with van der Waals surface area (Å²) < 4.78 is 5.50. The lowest BCUT2D eigenvalue weighted by atomic mass is 10.1. The van der Waals surface area contributed by atoms with Gasteiger partial charge in [0.25, 0.3) is 17.7 Å². The maximum absolute atomic E-state index is 12.1. The summed E-state index contributed by atoms with van der Waals surface area (Å²) in [6.07, 6.45) is 3.13. The molecule has 1 aromatic carbocycles. The molecule has 0 saturated carbocycles. The molecule has 3 rings (SSSR count). The van der Waals surface area contributed by atoms with Crippen molar-refractivity contribution in [1.82, 2.24) is 10.2 Å². The fraction of sp³-hybridized carbons (Fsp3) is 0.438. The van der Waals surface area contributed by atoms with Gasteiger partial charge in [0, 0.05) is 25.8 Å². The van der Waals surface area contributed by atoms with E-state index in [0.717, 1.165) is 30.8 Å². The summed E-state index contributed by atoms with van der Waals surface area (Å²) in [4.78, 5) is 36.9. The molecule has 2 aliphatic heterocycles. The molecular formula is C16H18N2O4. The second-order valence-corrected chi connectivity index (χ2v) is 5.61. The van der Waals surface area contributed by atoms with Crippen LogP contribution in [0.3, 0.4) is 0 Å². The Bertz CT molecular complexity index is 635. The Balaban J connectivity index is 1.64. The highest BCUT2D eigenvalue weighted by Gasteiger charge is 2.33. The summed E-state index contributed by atoms with van der Waals surface area (Å²) in [6.45, 7) is 1.33. The van der Waals surface area contributed by atoms with Crippen molar-refractivity contribution in [2.45, 2.75) is 25.4 Å². The topological polar surface area (TPSA) is 75.7 Å². The molecular weight excluding hydrogens is 284 g/mol. The zero-order chi connectivity index (χ0) is 15.7. The highest BCUT2D eigenvalue weighted by molar-refractivity contribution is 6.21. The molecule has 6 nitrogen and oxygen atoms in total. The van der Waals surface area contributed by atoms with Crippen molar-refractivity contribution in [1.29, 1.82) is 0 Å². The number of ether oxygens (including phenoxy) is 1. The van der Waals surface area contributed by atoms with Crippen molar-refractivity contribution < 1.29 is 19.1 Å². The van der Waals surface area contributed by atoms with Gasteiger partial charge < -0.3 is 10.1 Å². The molecule has 0 aliphatic carbocycles. The van der Waals surface area contributed by atoms with E-state index in [4.69, 9.17) is 4.74 Å². The van der Waals surface area contributed by atoms with Crippen molar-refractivity contribution >= 4 is 17.7 Å². The van der Waals surface area contributed by atoms with Crippen LogP contribution in [0.5, 0.6) is 0 Å². The van der Waals surface area contributed by atoms with E-state index in [-0.39, 0.29) is 23.8 Å². The first-order valence-corrected chi connectivity index (χ1v) is 7.44. The van der Waals surface area contributed by atoms with Crippen molar-refractivity contribution in [2.24, 2.45) is 0 Å². The van der Waals surface area contributed by atoms with Gasteiger partial charge in [-0.15, -0.1) is 0 Å². The average molecular weight is 302 g/mol. The van der Waals surface area contributed by atoms with Crippen LogP contribution in [0.1, 0.15) is 50.3 Å². The molecule has 0 radical (unpaired) electrons. The summed E-state index contributed by atoms with van der Waals surface area (Å²) in [5, 5.41) is 2.83. The molecule has 2 aliphatic rings. The Morgan fingerprint density at radius 1 is 1.32 bits per heavy atom. The molecule has 0 bridgehead atoms. The summed E-state index contributed by atoms with van der Waals surface area (Å²) in [7, 11) is 1.44. The minimum atomic E-state index is -0.367. The SMILES string of the molecule is CN1C(=O)c2ccc(C(=O)NCC[C@@H]3CCCO3)cc2C1=O. The minimum absolute atomic E-state index is 0.230. The van der Waals surface area contributed by atoms with E-state index in [0.29, 0.717) is 23.2 Å². The molecule has 1 fully saturated rings. The molecule has 1 N–H and O–H groups in total. The smallest absolute Gasteiger partial charge is 0.261 e. The number of nitrogens with zero attached hydrogens (tertiary/aromatic N) is 1. The van der Waals surface area contributed by atoms with Crippen LogP contribution in [0.4, 0.5) is 0 Å². The van der Waals surface area contributed by atoms with Crippen molar-refractivity contribution in [3.8, 4) is 0 Å². The molecule has 1 saturated heterocycles. The molecule has 22 heavy (non-hydrogen) atoms. The first-order valence-electron chi connectivity index (χ1n) is 7.44. The Hall–Kier alpha value is -2.21. The van der Waals surface area contributed by atoms with Crippen LogP contribution in [0.25, 0.3) is 0 Å². The second-order valence-electron chi connectivity index (χ2n) is 5.61. The number of benzene rings is 1. The van der Waals surface area contributed by atoms with E-state index < -0.39 is 0 Å². The van der Waals surface area contributed by atoms with Crippen LogP contribution in [-0.4, -0.2) is 48.9 Å². The molecule has 1 aromatic rings. The molecule has 0 spiro atoms. The number of fused-ring (bicyclic) bond motifs is 1. The van der Waals surface area contributed by atoms with E-state index in [9.17, 15) is 14.4 Å². The number of carbonyl (C=O) groups is 3. The lowest BCUT2D eigenvalue weighted by molar-refractivity contribution is 0.0692. The molecule has 1 atom stereocenters. The van der Waals surface area contributed by atoms with Gasteiger partial charge in [-0.2, -0.15) is 0 Å². The van der Waals surface area contributed by atoms with Gasteiger partial charge in [0.2, 0.25) is 0 Å². The predicted octanol–water partition coefficient (Wildman–Crippen LogP) is 1.21. The summed E-state index contributed by atoms with van der Waals surface area (Å²) >= 11 is 0. The van der Waals surface area contributed by atoms with Crippen molar-refractivity contribution in [2.75, 3.05) is 20.2 Å². The quantitative estimate of drug-likeness (QED) is 0.848. The lowest BCUT2D eigenvalue weighted by Crippen LogP contribution is -2.27. The first kappa shape index (κ1) is 14.7. The van der Waals surface area contributed by atoms with E-state index in [1.54, 1.807) is 6.07 Å². The highest BCUT2D eigenvalue weighted by Crippen LogP contribution is 2.22. The molecule has 0 aromatic heterocycles. The van der Waals surface area contributed by atoms with E-state index in [1.165, 1.54) is 19.2 Å². The Labute approximate surface area is 128 Å². The minimum Gasteiger partial charge on any atom is -0.378 e. The summed E-state index contributed by atoms with van der Waals surface area (Å²) in [5.41, 5.74) is 1.03. The highest BCUT2D eigenvalue weighted by atomic mass is 16.5. The molecule has 0 unspecified atom stereocenters. The van der Waals surface area contributed by atoms with Crippen molar-refractivity contribution in [3.63, 3.8) is 0 Å². The predicted molar refractivity (Wildman–Crippen MR) is 78.8 cm³/mol. The summed E-state index contributed by atoms with van der Waals surface area (Å²) in [6, 6.07) is 4.60. The normalized spacial score (nSPS) is 20.4. The Morgan fingerprint density at radius 2 is 2.09 bits per heavy atom. The standard InChI is InChI=1S/C16H18N2O4/c1-18-15(20)12-5-4-10(9-13(12)16(18)21)14(19)17-7-6-11-3-2-8-22-11/h4-5,9,11H,2-3,6-8H2,1H3,(H,17,19)/t11-/m0/s1. The van der Waals surface area contributed by atoms with Gasteiger partial charge in [0.05, 0.1) is 17.2 Å². The van der Waals surface area contributed by atoms with Gasteiger partial charge in [0.1, 0.15) is 0 Å². The maximum atomic E-state index is 12.1. The molecule has 116 valence electrons. The van der Waals surface area contributed by atoms with Crippen LogP contribution >= 0.6 is 0 Å². The number of carbonyl (C=O) groups excluding carboxylic acids is 3. The number of nitrogens with one attached hydrogen (secondary N) is 1. The Morgan fingerprint density at radius 3 is 2.82 bits per heavy atom. The van der Waals surface area contributed by atoms with Crippen LogP contribution < -0.4 is 5.32 Å². The molecule has 6 heteroatoms. The monoisotopic (exact) mass is 302 g/mol. The number of rotatable bonds is 4. The first-order chi connectivity index (χ1) is 10.6. The van der Waals surface area contributed by atoms with Gasteiger partial charge in [-0.1, -0.05) is 0 Å². The van der Waals surface area contributed by atoms with Crippen LogP contribution in [0.2, 0.25) is 0 Å². The third-order valence-corrected chi connectivity index (χ3v) is 4.13. The molecule has 2 heterocycles. The number of imide groups is 1. The van der Waals surface area contributed by atoms with Crippen LogP contribution in [0.15, 0.2) is 18.2 Å². The van der Waals surface area contributed by atoms with Gasteiger partial charge in [0.15, 0.2) is 0 Å². The zero-order valence-electron chi connectivity index (χ0n) is 12.4. The fourth-order valence-corrected chi connectivity index (χ4v) is 2.82. The third kappa shape index (κ3) is 2.62. The maximum Gasteiger partial charge on any atom is 0.261 e. The summed E-state index contributed by atoms with van der Waals surface area (Å²) in [5.74, 6) is -0.935. The van der Waals surface area contributed by atoms with Gasteiger partial charge in [-0.25, -0.2) is 0 Å². The fourth-order valence-electron chi connectivity index (χ4n) is 2.82. The second kappa shape index (κ2) is 5.88. The van der Waals surface area contributed by atoms with E-state index in [2.05, 4.69) is 5.32 Å².